The Bertz CT molecular complexity index is 589. The molecule has 72 valence electrons. The maximum atomic E-state index is 4.28. The molecule has 4 heteroatoms. The molecule has 0 aliphatic rings. The summed E-state index contributed by atoms with van der Waals surface area (Å²) in [5, 5.41) is 0. The molecule has 0 bridgehead atoms. The minimum Gasteiger partial charge on any atom is -0.261 e. The highest BCUT2D eigenvalue weighted by molar-refractivity contribution is 7.16. The van der Waals surface area contributed by atoms with Crippen molar-refractivity contribution in [2.24, 2.45) is 0 Å². The average molecular weight is 213 g/mol. The molecule has 0 unspecified atom stereocenters. The van der Waals surface area contributed by atoms with E-state index in [-0.39, 0.29) is 0 Å². The number of fused-ring (bicyclic) bond motifs is 1. The topological polar surface area (TPSA) is 38.7 Å². The van der Waals surface area contributed by atoms with E-state index in [0.29, 0.717) is 0 Å². The molecule has 0 atom stereocenters. The van der Waals surface area contributed by atoms with Gasteiger partial charge in [-0.1, -0.05) is 6.07 Å². The first kappa shape index (κ1) is 8.49. The van der Waals surface area contributed by atoms with Crippen LogP contribution in [-0.4, -0.2) is 15.0 Å². The van der Waals surface area contributed by atoms with E-state index < -0.39 is 0 Å². The van der Waals surface area contributed by atoms with Gasteiger partial charge >= 0.3 is 0 Å². The van der Waals surface area contributed by atoms with Gasteiger partial charge in [0.1, 0.15) is 0 Å². The van der Waals surface area contributed by atoms with Crippen molar-refractivity contribution in [2.45, 2.75) is 0 Å². The minimum atomic E-state index is 0.882. The van der Waals surface area contributed by atoms with Crippen LogP contribution in [0.4, 0.5) is 0 Å². The Morgan fingerprint density at radius 3 is 2.93 bits per heavy atom. The predicted octanol–water partition coefficient (Wildman–Crippen LogP) is 2.75. The first-order chi connectivity index (χ1) is 7.43. The normalized spacial score (nSPS) is 10.7. The Hall–Kier alpha value is -1.81. The van der Waals surface area contributed by atoms with E-state index in [1.807, 2.05) is 17.6 Å². The molecule has 0 aliphatic heterocycles. The van der Waals surface area contributed by atoms with Gasteiger partial charge in [0.15, 0.2) is 0 Å². The first-order valence-electron chi connectivity index (χ1n) is 4.53. The Kier molecular flexibility index (Phi) is 1.93. The van der Waals surface area contributed by atoms with Crippen LogP contribution in [0, 0.1) is 0 Å². The van der Waals surface area contributed by atoms with Crippen molar-refractivity contribution >= 4 is 21.6 Å². The van der Waals surface area contributed by atoms with Gasteiger partial charge in [0.2, 0.25) is 0 Å². The SMILES string of the molecule is c1cnc(-c2ccc3scnc3c2)cn1. The van der Waals surface area contributed by atoms with Gasteiger partial charge in [-0.15, -0.1) is 11.3 Å². The molecule has 15 heavy (non-hydrogen) atoms. The van der Waals surface area contributed by atoms with Crippen molar-refractivity contribution in [3.63, 3.8) is 0 Å². The number of rotatable bonds is 1. The third-order valence-electron chi connectivity index (χ3n) is 2.19. The van der Waals surface area contributed by atoms with E-state index in [2.05, 4.69) is 21.0 Å². The Labute approximate surface area is 90.5 Å². The lowest BCUT2D eigenvalue weighted by Gasteiger charge is -1.98. The molecule has 2 heterocycles. The van der Waals surface area contributed by atoms with Crippen LogP contribution in [0.1, 0.15) is 0 Å². The molecule has 2 aromatic heterocycles. The second kappa shape index (κ2) is 3.40. The molecule has 0 N–H and O–H groups in total. The van der Waals surface area contributed by atoms with E-state index in [1.165, 1.54) is 4.70 Å². The van der Waals surface area contributed by atoms with E-state index in [4.69, 9.17) is 0 Å². The summed E-state index contributed by atoms with van der Waals surface area (Å²) in [4.78, 5) is 12.6. The highest BCUT2D eigenvalue weighted by Crippen LogP contribution is 2.23. The summed E-state index contributed by atoms with van der Waals surface area (Å²) in [5.74, 6) is 0. The van der Waals surface area contributed by atoms with Crippen molar-refractivity contribution in [3.8, 4) is 11.3 Å². The number of thiazole rings is 1. The zero-order valence-electron chi connectivity index (χ0n) is 7.79. The lowest BCUT2D eigenvalue weighted by molar-refractivity contribution is 1.21. The van der Waals surface area contributed by atoms with E-state index in [9.17, 15) is 0 Å². The van der Waals surface area contributed by atoms with Gasteiger partial charge in [-0.25, -0.2) is 4.98 Å². The summed E-state index contributed by atoms with van der Waals surface area (Å²) in [6.45, 7) is 0. The van der Waals surface area contributed by atoms with Crippen LogP contribution in [0.2, 0.25) is 0 Å². The molecule has 3 nitrogen and oxygen atoms in total. The number of benzene rings is 1. The lowest BCUT2D eigenvalue weighted by Crippen LogP contribution is -1.83. The van der Waals surface area contributed by atoms with Gasteiger partial charge in [-0.05, 0) is 12.1 Å². The second-order valence-corrected chi connectivity index (χ2v) is 4.01. The minimum absolute atomic E-state index is 0.882. The fourth-order valence-electron chi connectivity index (χ4n) is 1.47. The molecule has 0 amide bonds. The maximum absolute atomic E-state index is 4.28. The average Bonchev–Trinajstić information content (AvgIpc) is 2.77. The number of nitrogens with zero attached hydrogens (tertiary/aromatic N) is 3. The molecular weight excluding hydrogens is 206 g/mol. The number of aromatic nitrogens is 3. The smallest absolute Gasteiger partial charge is 0.0885 e. The largest absolute Gasteiger partial charge is 0.261 e. The van der Waals surface area contributed by atoms with Crippen LogP contribution in [-0.2, 0) is 0 Å². The lowest BCUT2D eigenvalue weighted by atomic mass is 10.1. The standard InChI is InChI=1S/C11H7N3S/c1-2-11-9(14-7-15-11)5-8(1)10-6-12-3-4-13-10/h1-7H. The molecule has 0 saturated carbocycles. The van der Waals surface area contributed by atoms with Crippen LogP contribution in [0.5, 0.6) is 0 Å². The molecular formula is C11H7N3S. The van der Waals surface area contributed by atoms with Crippen molar-refractivity contribution in [2.75, 3.05) is 0 Å². The summed E-state index contributed by atoms with van der Waals surface area (Å²) in [7, 11) is 0. The maximum Gasteiger partial charge on any atom is 0.0885 e. The molecule has 1 aromatic carbocycles. The second-order valence-electron chi connectivity index (χ2n) is 3.13. The Morgan fingerprint density at radius 2 is 2.07 bits per heavy atom. The van der Waals surface area contributed by atoms with Crippen LogP contribution >= 0.6 is 11.3 Å². The van der Waals surface area contributed by atoms with E-state index in [0.717, 1.165) is 16.8 Å². The van der Waals surface area contributed by atoms with Crippen LogP contribution in [0.3, 0.4) is 0 Å². The van der Waals surface area contributed by atoms with Crippen LogP contribution in [0.15, 0.2) is 42.3 Å². The van der Waals surface area contributed by atoms with E-state index >= 15 is 0 Å². The van der Waals surface area contributed by atoms with Crippen molar-refractivity contribution in [1.82, 2.24) is 15.0 Å². The van der Waals surface area contributed by atoms with Gasteiger partial charge in [-0.2, -0.15) is 0 Å². The summed E-state index contributed by atoms with van der Waals surface area (Å²) in [5.41, 5.74) is 4.81. The van der Waals surface area contributed by atoms with Crippen molar-refractivity contribution in [3.05, 3.63) is 42.3 Å². The third-order valence-corrected chi connectivity index (χ3v) is 3.00. The summed E-state index contributed by atoms with van der Waals surface area (Å²) in [6, 6.07) is 6.15. The molecule has 0 spiro atoms. The fraction of sp³-hybridized carbons (Fsp3) is 0. The molecule has 3 aromatic rings. The van der Waals surface area contributed by atoms with Gasteiger partial charge in [0.05, 0.1) is 27.6 Å². The van der Waals surface area contributed by atoms with Crippen molar-refractivity contribution in [1.29, 1.82) is 0 Å². The zero-order chi connectivity index (χ0) is 10.1. The highest BCUT2D eigenvalue weighted by atomic mass is 32.1. The predicted molar refractivity (Wildman–Crippen MR) is 60.6 cm³/mol. The van der Waals surface area contributed by atoms with Gasteiger partial charge < -0.3 is 0 Å². The van der Waals surface area contributed by atoms with Gasteiger partial charge in [0, 0.05) is 18.0 Å². The molecule has 3 rings (SSSR count). The van der Waals surface area contributed by atoms with E-state index in [1.54, 1.807) is 29.9 Å². The third kappa shape index (κ3) is 1.49. The molecule has 0 aliphatic carbocycles. The van der Waals surface area contributed by atoms with Gasteiger partial charge in [0.25, 0.3) is 0 Å². The fourth-order valence-corrected chi connectivity index (χ4v) is 2.12. The van der Waals surface area contributed by atoms with Crippen LogP contribution < -0.4 is 0 Å². The van der Waals surface area contributed by atoms with Crippen LogP contribution in [0.25, 0.3) is 21.5 Å². The number of hydrogen-bond donors (Lipinski definition) is 0. The molecule has 0 saturated heterocycles. The zero-order valence-corrected chi connectivity index (χ0v) is 8.61. The number of hydrogen-bond acceptors (Lipinski definition) is 4. The Morgan fingerprint density at radius 1 is 1.07 bits per heavy atom. The quantitative estimate of drug-likeness (QED) is 0.624. The highest BCUT2D eigenvalue weighted by Gasteiger charge is 2.01. The summed E-state index contributed by atoms with van der Waals surface area (Å²) in [6.07, 6.45) is 5.12. The van der Waals surface area contributed by atoms with Gasteiger partial charge in [-0.3, -0.25) is 9.97 Å². The molecule has 0 fully saturated rings. The summed E-state index contributed by atoms with van der Waals surface area (Å²) >= 11 is 1.64. The Balaban J connectivity index is 2.19. The summed E-state index contributed by atoms with van der Waals surface area (Å²) < 4.78 is 1.20. The first-order valence-corrected chi connectivity index (χ1v) is 5.41. The molecule has 0 radical (unpaired) electrons. The monoisotopic (exact) mass is 213 g/mol. The van der Waals surface area contributed by atoms with Crippen molar-refractivity contribution < 1.29 is 0 Å².